The Morgan fingerprint density at radius 2 is 2.15 bits per heavy atom. The highest BCUT2D eigenvalue weighted by Crippen LogP contribution is 2.29. The number of carbonyl (C=O) groups is 1. The van der Waals surface area contributed by atoms with Crippen LogP contribution in [0.25, 0.3) is 0 Å². The van der Waals surface area contributed by atoms with Gasteiger partial charge < -0.3 is 19.8 Å². The molecule has 6 heteroatoms. The molecule has 0 saturated carbocycles. The average Bonchev–Trinajstić information content (AvgIpc) is 2.76. The zero-order valence-corrected chi connectivity index (χ0v) is 12.4. The first kappa shape index (κ1) is 15.0. The summed E-state index contributed by atoms with van der Waals surface area (Å²) in [6.45, 7) is 6.22. The number of nitrogens with one attached hydrogen (secondary N) is 2. The molecule has 1 saturated heterocycles. The number of carbonyl (C=O) groups excluding carboxylic acids is 1. The Morgan fingerprint density at radius 3 is 2.70 bits per heavy atom. The maximum absolute atomic E-state index is 12.5. The van der Waals surface area contributed by atoms with E-state index in [2.05, 4.69) is 15.6 Å². The lowest BCUT2D eigenvalue weighted by molar-refractivity contribution is -0.136. The fraction of sp³-hybridized carbons (Fsp3) is 0.714. The van der Waals surface area contributed by atoms with Gasteiger partial charge in [-0.25, -0.2) is 4.98 Å². The first-order valence-electron chi connectivity index (χ1n) is 6.98. The first-order chi connectivity index (χ1) is 9.57. The second-order valence-electron chi connectivity index (χ2n) is 5.40. The van der Waals surface area contributed by atoms with Crippen molar-refractivity contribution in [3.8, 4) is 0 Å². The third kappa shape index (κ3) is 3.19. The molecule has 0 bridgehead atoms. The van der Waals surface area contributed by atoms with Crippen LogP contribution in [0.5, 0.6) is 0 Å². The van der Waals surface area contributed by atoms with Crippen LogP contribution in [-0.2, 0) is 16.1 Å². The predicted octanol–water partition coefficient (Wildman–Crippen LogP) is 0.924. The minimum absolute atomic E-state index is 0.0226. The fourth-order valence-corrected chi connectivity index (χ4v) is 2.58. The van der Waals surface area contributed by atoms with E-state index in [1.807, 2.05) is 13.8 Å². The van der Waals surface area contributed by atoms with Crippen LogP contribution in [0.2, 0.25) is 0 Å². The highest BCUT2D eigenvalue weighted by atomic mass is 16.5. The van der Waals surface area contributed by atoms with E-state index in [-0.39, 0.29) is 5.91 Å². The van der Waals surface area contributed by atoms with Crippen molar-refractivity contribution >= 4 is 5.91 Å². The lowest BCUT2D eigenvalue weighted by atomic mass is 9.78. The summed E-state index contributed by atoms with van der Waals surface area (Å²) in [7, 11) is 1.64. The van der Waals surface area contributed by atoms with Crippen LogP contribution in [0.3, 0.4) is 0 Å². The highest BCUT2D eigenvalue weighted by molar-refractivity contribution is 5.82. The molecule has 2 rings (SSSR count). The van der Waals surface area contributed by atoms with Crippen LogP contribution >= 0.6 is 0 Å². The number of methoxy groups -OCH3 is 1. The number of aromatic nitrogens is 1. The Labute approximate surface area is 119 Å². The van der Waals surface area contributed by atoms with Gasteiger partial charge in [-0.2, -0.15) is 0 Å². The van der Waals surface area contributed by atoms with E-state index >= 15 is 0 Å². The standard InChI is InChI=1S/C14H23N3O3/c1-10-11(2)20-12(17-10)8-16-13(18)14(9-19-3)4-6-15-7-5-14/h15H,4-9H2,1-3H3,(H,16,18). The fourth-order valence-electron chi connectivity index (χ4n) is 2.58. The van der Waals surface area contributed by atoms with Crippen LogP contribution in [0.1, 0.15) is 30.2 Å². The smallest absolute Gasteiger partial charge is 0.229 e. The zero-order valence-electron chi connectivity index (χ0n) is 12.4. The van der Waals surface area contributed by atoms with Gasteiger partial charge in [-0.15, -0.1) is 0 Å². The Bertz CT molecular complexity index is 439. The summed E-state index contributed by atoms with van der Waals surface area (Å²) < 4.78 is 10.7. The molecule has 1 aliphatic heterocycles. The van der Waals surface area contributed by atoms with Gasteiger partial charge >= 0.3 is 0 Å². The maximum atomic E-state index is 12.5. The number of aryl methyl sites for hydroxylation is 2. The van der Waals surface area contributed by atoms with Crippen LogP contribution in [0, 0.1) is 19.3 Å². The topological polar surface area (TPSA) is 76.4 Å². The number of rotatable bonds is 5. The van der Waals surface area contributed by atoms with Crippen LogP contribution in [-0.4, -0.2) is 37.7 Å². The number of nitrogens with zero attached hydrogens (tertiary/aromatic N) is 1. The summed E-state index contributed by atoms with van der Waals surface area (Å²) in [6, 6.07) is 0. The number of amides is 1. The molecule has 0 spiro atoms. The van der Waals surface area contributed by atoms with Crippen molar-refractivity contribution in [3.05, 3.63) is 17.3 Å². The average molecular weight is 281 g/mol. The zero-order chi connectivity index (χ0) is 14.6. The Hall–Kier alpha value is -1.40. The molecule has 1 aliphatic rings. The van der Waals surface area contributed by atoms with Crippen molar-refractivity contribution in [2.45, 2.75) is 33.2 Å². The molecule has 1 amide bonds. The van der Waals surface area contributed by atoms with Crippen molar-refractivity contribution in [3.63, 3.8) is 0 Å². The molecule has 1 aromatic heterocycles. The molecule has 20 heavy (non-hydrogen) atoms. The summed E-state index contributed by atoms with van der Waals surface area (Å²) in [6.07, 6.45) is 1.58. The summed E-state index contributed by atoms with van der Waals surface area (Å²) in [5.74, 6) is 1.37. The third-order valence-electron chi connectivity index (χ3n) is 3.94. The molecule has 1 aromatic rings. The SMILES string of the molecule is COCC1(C(=O)NCc2nc(C)c(C)o2)CCNCC1. The normalized spacial score (nSPS) is 17.9. The summed E-state index contributed by atoms with van der Waals surface area (Å²) >= 11 is 0. The molecule has 112 valence electrons. The van der Waals surface area contributed by atoms with Crippen molar-refractivity contribution in [1.29, 1.82) is 0 Å². The lowest BCUT2D eigenvalue weighted by Crippen LogP contribution is -2.50. The van der Waals surface area contributed by atoms with Crippen LogP contribution in [0.15, 0.2) is 4.42 Å². The largest absolute Gasteiger partial charge is 0.444 e. The van der Waals surface area contributed by atoms with Crippen molar-refractivity contribution in [1.82, 2.24) is 15.6 Å². The number of piperidine rings is 1. The van der Waals surface area contributed by atoms with Gasteiger partial charge in [0.25, 0.3) is 0 Å². The van der Waals surface area contributed by atoms with Gasteiger partial charge in [0.05, 0.1) is 24.3 Å². The van der Waals surface area contributed by atoms with E-state index in [9.17, 15) is 4.79 Å². The Morgan fingerprint density at radius 1 is 1.45 bits per heavy atom. The number of oxazole rings is 1. The second-order valence-corrected chi connectivity index (χ2v) is 5.40. The van der Waals surface area contributed by atoms with E-state index in [4.69, 9.17) is 9.15 Å². The molecule has 0 aliphatic carbocycles. The molecule has 1 fully saturated rings. The maximum Gasteiger partial charge on any atom is 0.229 e. The molecule has 0 unspecified atom stereocenters. The van der Waals surface area contributed by atoms with Gasteiger partial charge in [0.2, 0.25) is 11.8 Å². The molecule has 6 nitrogen and oxygen atoms in total. The summed E-state index contributed by atoms with van der Waals surface area (Å²) in [4.78, 5) is 16.8. The van der Waals surface area contributed by atoms with Crippen molar-refractivity contribution < 1.29 is 13.9 Å². The van der Waals surface area contributed by atoms with E-state index in [1.165, 1.54) is 0 Å². The molecule has 0 radical (unpaired) electrons. The highest BCUT2D eigenvalue weighted by Gasteiger charge is 2.39. The van der Waals surface area contributed by atoms with E-state index < -0.39 is 5.41 Å². The van der Waals surface area contributed by atoms with E-state index in [1.54, 1.807) is 7.11 Å². The van der Waals surface area contributed by atoms with Gasteiger partial charge in [0.15, 0.2) is 0 Å². The minimum atomic E-state index is -0.434. The molecule has 0 atom stereocenters. The molecule has 2 N–H and O–H groups in total. The quantitative estimate of drug-likeness (QED) is 0.839. The first-order valence-corrected chi connectivity index (χ1v) is 6.98. The van der Waals surface area contributed by atoms with E-state index in [0.29, 0.717) is 19.0 Å². The van der Waals surface area contributed by atoms with Gasteiger partial charge in [-0.05, 0) is 39.8 Å². The molecule has 2 heterocycles. The third-order valence-corrected chi connectivity index (χ3v) is 3.94. The molecular weight excluding hydrogens is 258 g/mol. The van der Waals surface area contributed by atoms with Crippen LogP contribution in [0.4, 0.5) is 0 Å². The van der Waals surface area contributed by atoms with Crippen molar-refractivity contribution in [2.24, 2.45) is 5.41 Å². The van der Waals surface area contributed by atoms with E-state index in [0.717, 1.165) is 37.4 Å². The number of ether oxygens (including phenoxy) is 1. The van der Waals surface area contributed by atoms with Gasteiger partial charge in [-0.1, -0.05) is 0 Å². The predicted molar refractivity (Wildman–Crippen MR) is 74.2 cm³/mol. The van der Waals surface area contributed by atoms with Gasteiger partial charge in [0.1, 0.15) is 5.76 Å². The van der Waals surface area contributed by atoms with Gasteiger partial charge in [-0.3, -0.25) is 4.79 Å². The summed E-state index contributed by atoms with van der Waals surface area (Å²) in [5, 5.41) is 6.20. The van der Waals surface area contributed by atoms with Gasteiger partial charge in [0, 0.05) is 7.11 Å². The number of hydrogen-bond acceptors (Lipinski definition) is 5. The van der Waals surface area contributed by atoms with Crippen molar-refractivity contribution in [2.75, 3.05) is 26.8 Å². The molecule has 0 aromatic carbocycles. The summed E-state index contributed by atoms with van der Waals surface area (Å²) in [5.41, 5.74) is 0.430. The Balaban J connectivity index is 1.98. The Kier molecular flexibility index (Phi) is 4.77. The lowest BCUT2D eigenvalue weighted by Gasteiger charge is -2.35. The van der Waals surface area contributed by atoms with Crippen LogP contribution < -0.4 is 10.6 Å². The number of hydrogen-bond donors (Lipinski definition) is 2. The second kappa shape index (κ2) is 6.37. The minimum Gasteiger partial charge on any atom is -0.444 e. The monoisotopic (exact) mass is 281 g/mol. The molecular formula is C14H23N3O3.